The van der Waals surface area contributed by atoms with Crippen LogP contribution in [0, 0.1) is 6.92 Å². The third-order valence-electron chi connectivity index (χ3n) is 4.45. The second-order valence-corrected chi connectivity index (χ2v) is 6.38. The van der Waals surface area contributed by atoms with E-state index < -0.39 is 0 Å². The zero-order valence-corrected chi connectivity index (χ0v) is 14.8. The number of imidazole rings is 1. The fourth-order valence-electron chi connectivity index (χ4n) is 3.18. The quantitative estimate of drug-likeness (QED) is 0.486. The highest BCUT2D eigenvalue weighted by Gasteiger charge is 2.17. The molecule has 0 saturated carbocycles. The van der Waals surface area contributed by atoms with Gasteiger partial charge in [0.15, 0.2) is 5.76 Å². The Labute approximate surface area is 153 Å². The highest BCUT2D eigenvalue weighted by Crippen LogP contribution is 2.32. The van der Waals surface area contributed by atoms with Crippen molar-refractivity contribution in [2.24, 2.45) is 0 Å². The molecule has 4 nitrogen and oxygen atoms in total. The Morgan fingerprint density at radius 3 is 2.62 bits per heavy atom. The highest BCUT2D eigenvalue weighted by molar-refractivity contribution is 5.76. The summed E-state index contributed by atoms with van der Waals surface area (Å²) < 4.78 is 8.12. The Kier molecular flexibility index (Phi) is 4.65. The molecular weight excluding hydrogens is 322 g/mol. The Balaban J connectivity index is 1.63. The van der Waals surface area contributed by atoms with E-state index in [9.17, 15) is 0 Å². The van der Waals surface area contributed by atoms with Gasteiger partial charge in [-0.2, -0.15) is 0 Å². The molecule has 0 unspecified atom stereocenters. The van der Waals surface area contributed by atoms with Crippen LogP contribution in [0.4, 0.5) is 0 Å². The lowest BCUT2D eigenvalue weighted by molar-refractivity contribution is 0.538. The summed E-state index contributed by atoms with van der Waals surface area (Å²) >= 11 is 0. The van der Waals surface area contributed by atoms with E-state index in [-0.39, 0.29) is 0 Å². The van der Waals surface area contributed by atoms with Crippen LogP contribution in [0.15, 0.2) is 77.7 Å². The minimum atomic E-state index is 0.861. The van der Waals surface area contributed by atoms with Gasteiger partial charge >= 0.3 is 0 Å². The number of rotatable bonds is 6. The van der Waals surface area contributed by atoms with E-state index in [1.807, 2.05) is 62.0 Å². The lowest BCUT2D eigenvalue weighted by Crippen LogP contribution is -2.01. The number of aryl methyl sites for hydroxylation is 3. The Morgan fingerprint density at radius 2 is 1.88 bits per heavy atom. The maximum atomic E-state index is 5.92. The summed E-state index contributed by atoms with van der Waals surface area (Å²) in [4.78, 5) is 8.88. The van der Waals surface area contributed by atoms with E-state index in [0.29, 0.717) is 0 Å². The molecule has 4 rings (SSSR count). The van der Waals surface area contributed by atoms with Crippen LogP contribution in [0.1, 0.15) is 17.7 Å². The van der Waals surface area contributed by atoms with Gasteiger partial charge in [0.25, 0.3) is 0 Å². The van der Waals surface area contributed by atoms with Crippen molar-refractivity contribution in [1.82, 2.24) is 14.5 Å². The molecule has 130 valence electrons. The lowest BCUT2D eigenvalue weighted by atomic mass is 10.1. The van der Waals surface area contributed by atoms with E-state index in [4.69, 9.17) is 4.42 Å². The first-order valence-electron chi connectivity index (χ1n) is 8.87. The standard InChI is InChI=1S/C22H21N3O/c1-17-11-12-20(26-17)22-21(19-9-3-2-4-10-19)24-16-25(22)14-6-8-18-7-5-13-23-15-18/h2-5,7,9-13,15-16H,6,8,14H2,1H3. The van der Waals surface area contributed by atoms with Crippen molar-refractivity contribution in [3.63, 3.8) is 0 Å². The molecule has 4 aromatic rings. The molecule has 0 saturated heterocycles. The number of hydrogen-bond acceptors (Lipinski definition) is 3. The van der Waals surface area contributed by atoms with Crippen LogP contribution in [0.25, 0.3) is 22.7 Å². The minimum absolute atomic E-state index is 0.861. The van der Waals surface area contributed by atoms with Crippen LogP contribution >= 0.6 is 0 Å². The van der Waals surface area contributed by atoms with Gasteiger partial charge < -0.3 is 8.98 Å². The van der Waals surface area contributed by atoms with Crippen LogP contribution in [0.5, 0.6) is 0 Å². The van der Waals surface area contributed by atoms with Crippen molar-refractivity contribution in [3.8, 4) is 22.7 Å². The van der Waals surface area contributed by atoms with Gasteiger partial charge in [-0.1, -0.05) is 36.4 Å². The van der Waals surface area contributed by atoms with Gasteiger partial charge in [0.1, 0.15) is 11.5 Å². The molecule has 0 aliphatic heterocycles. The topological polar surface area (TPSA) is 43.9 Å². The maximum absolute atomic E-state index is 5.92. The van der Waals surface area contributed by atoms with Crippen LogP contribution in [0.3, 0.4) is 0 Å². The maximum Gasteiger partial charge on any atom is 0.152 e. The number of benzene rings is 1. The van der Waals surface area contributed by atoms with Crippen LogP contribution < -0.4 is 0 Å². The summed E-state index contributed by atoms with van der Waals surface area (Å²) in [6, 6.07) is 18.4. The van der Waals surface area contributed by atoms with Crippen LogP contribution in [0.2, 0.25) is 0 Å². The van der Waals surface area contributed by atoms with Gasteiger partial charge in [0.2, 0.25) is 0 Å². The summed E-state index contributed by atoms with van der Waals surface area (Å²) in [7, 11) is 0. The monoisotopic (exact) mass is 343 g/mol. The van der Waals surface area contributed by atoms with Crippen LogP contribution in [-0.4, -0.2) is 14.5 Å². The molecule has 0 amide bonds. The minimum Gasteiger partial charge on any atom is -0.460 e. The smallest absolute Gasteiger partial charge is 0.152 e. The summed E-state index contributed by atoms with van der Waals surface area (Å²) in [5.74, 6) is 1.77. The highest BCUT2D eigenvalue weighted by atomic mass is 16.3. The fraction of sp³-hybridized carbons (Fsp3) is 0.182. The average molecular weight is 343 g/mol. The molecule has 0 bridgehead atoms. The van der Waals surface area contributed by atoms with Crippen molar-refractivity contribution in [2.45, 2.75) is 26.3 Å². The molecule has 3 aromatic heterocycles. The van der Waals surface area contributed by atoms with E-state index in [2.05, 4.69) is 32.7 Å². The molecule has 0 aliphatic rings. The molecule has 0 atom stereocenters. The first-order valence-corrected chi connectivity index (χ1v) is 8.87. The van der Waals surface area contributed by atoms with E-state index in [1.54, 1.807) is 0 Å². The first kappa shape index (κ1) is 16.3. The predicted octanol–water partition coefficient (Wildman–Crippen LogP) is 5.15. The van der Waals surface area contributed by atoms with Crippen molar-refractivity contribution in [1.29, 1.82) is 0 Å². The molecule has 0 fully saturated rings. The molecule has 0 spiro atoms. The molecule has 3 heterocycles. The normalized spacial score (nSPS) is 11.0. The van der Waals surface area contributed by atoms with Gasteiger partial charge in [-0.3, -0.25) is 4.98 Å². The largest absolute Gasteiger partial charge is 0.460 e. The van der Waals surface area contributed by atoms with Gasteiger partial charge in [-0.05, 0) is 43.5 Å². The van der Waals surface area contributed by atoms with Crippen molar-refractivity contribution >= 4 is 0 Å². The summed E-state index contributed by atoms with van der Waals surface area (Å²) in [5, 5.41) is 0. The van der Waals surface area contributed by atoms with E-state index in [1.165, 1.54) is 5.56 Å². The van der Waals surface area contributed by atoms with Crippen molar-refractivity contribution < 1.29 is 4.42 Å². The summed E-state index contributed by atoms with van der Waals surface area (Å²) in [6.45, 7) is 2.85. The van der Waals surface area contributed by atoms with Gasteiger partial charge in [0, 0.05) is 24.5 Å². The number of aromatic nitrogens is 3. The Morgan fingerprint density at radius 1 is 1.00 bits per heavy atom. The summed E-state index contributed by atoms with van der Waals surface area (Å²) in [5.41, 5.74) is 4.35. The number of nitrogens with zero attached hydrogens (tertiary/aromatic N) is 3. The molecule has 0 aliphatic carbocycles. The van der Waals surface area contributed by atoms with E-state index in [0.717, 1.165) is 47.9 Å². The third kappa shape index (κ3) is 3.45. The van der Waals surface area contributed by atoms with Gasteiger partial charge in [-0.25, -0.2) is 4.98 Å². The van der Waals surface area contributed by atoms with Crippen molar-refractivity contribution in [2.75, 3.05) is 0 Å². The Hall–Kier alpha value is -3.14. The van der Waals surface area contributed by atoms with Gasteiger partial charge in [0.05, 0.1) is 12.0 Å². The molecule has 26 heavy (non-hydrogen) atoms. The average Bonchev–Trinajstić information content (AvgIpc) is 3.29. The number of furan rings is 1. The molecule has 0 radical (unpaired) electrons. The number of hydrogen-bond donors (Lipinski definition) is 0. The van der Waals surface area contributed by atoms with Crippen molar-refractivity contribution in [3.05, 3.63) is 84.6 Å². The van der Waals surface area contributed by atoms with Crippen LogP contribution in [-0.2, 0) is 13.0 Å². The second-order valence-electron chi connectivity index (χ2n) is 6.38. The zero-order chi connectivity index (χ0) is 17.8. The SMILES string of the molecule is Cc1ccc(-c2c(-c3ccccc3)ncn2CCCc2cccnc2)o1. The molecule has 0 N–H and O–H groups in total. The first-order chi connectivity index (χ1) is 12.8. The molecular formula is C22H21N3O. The lowest BCUT2D eigenvalue weighted by Gasteiger charge is -2.09. The molecule has 1 aromatic carbocycles. The third-order valence-corrected chi connectivity index (χ3v) is 4.45. The molecule has 4 heteroatoms. The zero-order valence-electron chi connectivity index (χ0n) is 14.8. The van der Waals surface area contributed by atoms with Gasteiger partial charge in [-0.15, -0.1) is 0 Å². The predicted molar refractivity (Wildman–Crippen MR) is 103 cm³/mol. The second kappa shape index (κ2) is 7.40. The number of pyridine rings is 1. The fourth-order valence-corrected chi connectivity index (χ4v) is 3.18. The summed E-state index contributed by atoms with van der Waals surface area (Å²) in [6.07, 6.45) is 7.66. The van der Waals surface area contributed by atoms with E-state index >= 15 is 0 Å². The Bertz CT molecular complexity index is 971.